The molecule has 0 unspecified atom stereocenters. The van der Waals surface area contributed by atoms with E-state index in [0.29, 0.717) is 0 Å². The summed E-state index contributed by atoms with van der Waals surface area (Å²) in [5.41, 5.74) is 6.25. The summed E-state index contributed by atoms with van der Waals surface area (Å²) in [5, 5.41) is 2.60. The Bertz CT molecular complexity index is 1110. The maximum Gasteiger partial charge on any atom is 0.0541 e. The first-order valence-electron chi connectivity index (χ1n) is 8.99. The zero-order valence-electron chi connectivity index (χ0n) is 14.8. The number of para-hydroxylation sites is 2. The summed E-state index contributed by atoms with van der Waals surface area (Å²) in [4.78, 5) is 2.18. The van der Waals surface area contributed by atoms with Gasteiger partial charge in [-0.3, -0.25) is 0 Å². The molecule has 0 saturated carbocycles. The highest BCUT2D eigenvalue weighted by atomic mass is 15.1. The van der Waals surface area contributed by atoms with Crippen LogP contribution in [0.25, 0.3) is 33.1 Å². The molecule has 0 aliphatic carbocycles. The molecule has 0 N–H and O–H groups in total. The number of aromatic nitrogens is 1. The second kappa shape index (κ2) is 5.92. The molecule has 2 heteroatoms. The monoisotopic (exact) mass is 336 g/mol. The number of nitrogens with zero attached hydrogens (tertiary/aromatic N) is 2. The van der Waals surface area contributed by atoms with Gasteiger partial charge >= 0.3 is 0 Å². The van der Waals surface area contributed by atoms with Gasteiger partial charge in [0.25, 0.3) is 0 Å². The van der Waals surface area contributed by atoms with Crippen molar-refractivity contribution in [2.75, 3.05) is 13.6 Å². The van der Waals surface area contributed by atoms with Gasteiger partial charge < -0.3 is 9.47 Å². The number of fused-ring (bicyclic) bond motifs is 3. The molecular weight excluding hydrogens is 316 g/mol. The first-order valence-corrected chi connectivity index (χ1v) is 8.99. The van der Waals surface area contributed by atoms with Crippen molar-refractivity contribution >= 4 is 27.4 Å². The fourth-order valence-corrected chi connectivity index (χ4v) is 3.80. The standard InChI is InChI=1S/C24H20N2/c1-25-16-14-19(15-17-25)18-10-12-20(13-11-18)26-23-8-4-2-6-21(23)22-7-3-5-9-24(22)26/h2-16H,17H2,1H3. The Hall–Kier alpha value is -3.26. The van der Waals surface area contributed by atoms with E-state index >= 15 is 0 Å². The van der Waals surface area contributed by atoms with Crippen LogP contribution in [0.5, 0.6) is 0 Å². The number of benzene rings is 3. The Morgan fingerprint density at radius 3 is 1.92 bits per heavy atom. The quantitative estimate of drug-likeness (QED) is 0.461. The van der Waals surface area contributed by atoms with Crippen molar-refractivity contribution < 1.29 is 0 Å². The molecule has 2 heterocycles. The minimum absolute atomic E-state index is 0.959. The molecule has 0 atom stereocenters. The highest BCUT2D eigenvalue weighted by Crippen LogP contribution is 2.32. The Morgan fingerprint density at radius 1 is 0.731 bits per heavy atom. The average molecular weight is 336 g/mol. The fourth-order valence-electron chi connectivity index (χ4n) is 3.80. The second-order valence-corrected chi connectivity index (χ2v) is 6.83. The number of rotatable bonds is 2. The molecule has 1 aromatic heterocycles. The summed E-state index contributed by atoms with van der Waals surface area (Å²) in [6.45, 7) is 0.959. The fraction of sp³-hybridized carbons (Fsp3) is 0.0833. The SMILES string of the molecule is CN1C=CC(c2ccc(-n3c4ccccc4c4ccccc43)cc2)=CC1. The van der Waals surface area contributed by atoms with Crippen LogP contribution >= 0.6 is 0 Å². The molecule has 0 bridgehead atoms. The van der Waals surface area contributed by atoms with E-state index in [1.165, 1.54) is 38.6 Å². The van der Waals surface area contributed by atoms with Gasteiger partial charge in [-0.1, -0.05) is 54.6 Å². The molecule has 126 valence electrons. The van der Waals surface area contributed by atoms with Crippen molar-refractivity contribution in [1.82, 2.24) is 9.47 Å². The van der Waals surface area contributed by atoms with E-state index in [1.54, 1.807) is 0 Å². The average Bonchev–Trinajstić information content (AvgIpc) is 3.03. The van der Waals surface area contributed by atoms with Gasteiger partial charge in [0.05, 0.1) is 11.0 Å². The van der Waals surface area contributed by atoms with Crippen LogP contribution in [0, 0.1) is 0 Å². The van der Waals surface area contributed by atoms with Crippen LogP contribution in [0.15, 0.2) is 91.1 Å². The first-order chi connectivity index (χ1) is 12.8. The minimum atomic E-state index is 0.959. The molecule has 0 saturated heterocycles. The summed E-state index contributed by atoms with van der Waals surface area (Å²) in [5.74, 6) is 0. The highest BCUT2D eigenvalue weighted by molar-refractivity contribution is 6.09. The van der Waals surface area contributed by atoms with E-state index in [1.807, 2.05) is 0 Å². The molecule has 0 amide bonds. The summed E-state index contributed by atoms with van der Waals surface area (Å²) >= 11 is 0. The Morgan fingerprint density at radius 2 is 1.35 bits per heavy atom. The molecule has 5 rings (SSSR count). The van der Waals surface area contributed by atoms with Crippen LogP contribution in [0.4, 0.5) is 0 Å². The lowest BCUT2D eigenvalue weighted by Gasteiger charge is -2.17. The molecule has 1 aliphatic rings. The van der Waals surface area contributed by atoms with E-state index < -0.39 is 0 Å². The predicted molar refractivity (Wildman–Crippen MR) is 111 cm³/mol. The van der Waals surface area contributed by atoms with E-state index in [0.717, 1.165) is 6.54 Å². The smallest absolute Gasteiger partial charge is 0.0541 e. The van der Waals surface area contributed by atoms with E-state index in [-0.39, 0.29) is 0 Å². The van der Waals surface area contributed by atoms with Gasteiger partial charge in [-0.05, 0) is 47.7 Å². The van der Waals surface area contributed by atoms with Crippen molar-refractivity contribution in [2.24, 2.45) is 0 Å². The van der Waals surface area contributed by atoms with Crippen LogP contribution in [-0.4, -0.2) is 23.1 Å². The van der Waals surface area contributed by atoms with Gasteiger partial charge in [0.2, 0.25) is 0 Å². The normalized spacial score (nSPS) is 14.2. The third kappa shape index (κ3) is 2.34. The number of likely N-dealkylation sites (N-methyl/N-ethyl adjacent to an activating group) is 1. The third-order valence-corrected chi connectivity index (χ3v) is 5.15. The summed E-state index contributed by atoms with van der Waals surface area (Å²) in [6.07, 6.45) is 6.59. The lowest BCUT2D eigenvalue weighted by molar-refractivity contribution is 0.506. The number of hydrogen-bond acceptors (Lipinski definition) is 1. The molecule has 2 nitrogen and oxygen atoms in total. The van der Waals surface area contributed by atoms with Crippen molar-refractivity contribution in [3.63, 3.8) is 0 Å². The van der Waals surface area contributed by atoms with Crippen molar-refractivity contribution in [3.05, 3.63) is 96.7 Å². The molecule has 0 spiro atoms. The zero-order valence-corrected chi connectivity index (χ0v) is 14.8. The summed E-state index contributed by atoms with van der Waals surface area (Å²) in [6, 6.07) is 26.1. The minimum Gasteiger partial charge on any atom is -0.377 e. The van der Waals surface area contributed by atoms with Crippen molar-refractivity contribution in [3.8, 4) is 5.69 Å². The molecule has 26 heavy (non-hydrogen) atoms. The topological polar surface area (TPSA) is 8.17 Å². The van der Waals surface area contributed by atoms with E-state index in [2.05, 4.69) is 108 Å². The van der Waals surface area contributed by atoms with Gasteiger partial charge in [0, 0.05) is 30.1 Å². The van der Waals surface area contributed by atoms with E-state index in [9.17, 15) is 0 Å². The van der Waals surface area contributed by atoms with Crippen LogP contribution in [0.1, 0.15) is 5.56 Å². The van der Waals surface area contributed by atoms with Crippen LogP contribution in [0.2, 0.25) is 0 Å². The summed E-state index contributed by atoms with van der Waals surface area (Å²) in [7, 11) is 2.09. The molecule has 0 radical (unpaired) electrons. The van der Waals surface area contributed by atoms with E-state index in [4.69, 9.17) is 0 Å². The molecule has 0 fully saturated rings. The zero-order chi connectivity index (χ0) is 17.5. The lowest BCUT2D eigenvalue weighted by atomic mass is 10.0. The van der Waals surface area contributed by atoms with Crippen molar-refractivity contribution in [1.29, 1.82) is 0 Å². The highest BCUT2D eigenvalue weighted by Gasteiger charge is 2.11. The van der Waals surface area contributed by atoms with Crippen LogP contribution in [0.3, 0.4) is 0 Å². The maximum absolute atomic E-state index is 2.35. The van der Waals surface area contributed by atoms with Gasteiger partial charge in [-0.25, -0.2) is 0 Å². The first kappa shape index (κ1) is 15.0. The molecule has 3 aromatic carbocycles. The lowest BCUT2D eigenvalue weighted by Crippen LogP contribution is -2.13. The van der Waals surface area contributed by atoms with Gasteiger partial charge in [0.1, 0.15) is 0 Å². The Labute approximate surface area is 153 Å². The maximum atomic E-state index is 2.35. The number of allylic oxidation sites excluding steroid dienone is 2. The summed E-state index contributed by atoms with van der Waals surface area (Å²) < 4.78 is 2.35. The molecule has 4 aromatic rings. The largest absolute Gasteiger partial charge is 0.377 e. The molecular formula is C24H20N2. The van der Waals surface area contributed by atoms with Gasteiger partial charge in [0.15, 0.2) is 0 Å². The van der Waals surface area contributed by atoms with Gasteiger partial charge in [-0.2, -0.15) is 0 Å². The Balaban J connectivity index is 1.65. The van der Waals surface area contributed by atoms with Crippen molar-refractivity contribution in [2.45, 2.75) is 0 Å². The number of hydrogen-bond donors (Lipinski definition) is 0. The third-order valence-electron chi connectivity index (χ3n) is 5.15. The second-order valence-electron chi connectivity index (χ2n) is 6.83. The Kier molecular flexibility index (Phi) is 3.42. The van der Waals surface area contributed by atoms with Gasteiger partial charge in [-0.15, -0.1) is 0 Å². The van der Waals surface area contributed by atoms with Crippen LogP contribution in [-0.2, 0) is 0 Å². The molecule has 1 aliphatic heterocycles. The predicted octanol–water partition coefficient (Wildman–Crippen LogP) is 5.63. The van der Waals surface area contributed by atoms with Crippen LogP contribution < -0.4 is 0 Å².